The maximum Gasteiger partial charge on any atom is 0.132 e. The van der Waals surface area contributed by atoms with E-state index in [1.54, 1.807) is 0 Å². The molecule has 0 aliphatic carbocycles. The van der Waals surface area contributed by atoms with Gasteiger partial charge in [0, 0.05) is 19.3 Å². The Morgan fingerprint density at radius 3 is 2.62 bits per heavy atom. The van der Waals surface area contributed by atoms with Crippen molar-refractivity contribution in [2.45, 2.75) is 58.3 Å². The lowest BCUT2D eigenvalue weighted by molar-refractivity contribution is -0.119. The van der Waals surface area contributed by atoms with E-state index in [9.17, 15) is 4.79 Å². The Morgan fingerprint density at radius 2 is 2.06 bits per heavy atom. The second-order valence-electron chi connectivity index (χ2n) is 4.37. The van der Waals surface area contributed by atoms with Crippen LogP contribution in [0.2, 0.25) is 0 Å². The lowest BCUT2D eigenvalue weighted by Crippen LogP contribution is -2.10. The highest BCUT2D eigenvalue weighted by Gasteiger charge is 2.09. The number of hydrogen-bond acceptors (Lipinski definition) is 2. The summed E-state index contributed by atoms with van der Waals surface area (Å²) in [7, 11) is 0. The van der Waals surface area contributed by atoms with Crippen molar-refractivity contribution < 1.29 is 4.79 Å². The van der Waals surface area contributed by atoms with Crippen LogP contribution in [0.15, 0.2) is 0 Å². The van der Waals surface area contributed by atoms with Crippen molar-refractivity contribution in [2.24, 2.45) is 11.7 Å². The smallest absolute Gasteiger partial charge is 0.132 e. The first-order valence-electron chi connectivity index (χ1n) is 6.39. The SMILES string of the molecule is C#CCCCC(=O)CCC(CCC)CCN. The lowest BCUT2D eigenvalue weighted by Gasteiger charge is -2.14. The highest BCUT2D eigenvalue weighted by atomic mass is 16.1. The van der Waals surface area contributed by atoms with Gasteiger partial charge in [-0.05, 0) is 31.7 Å². The Balaban J connectivity index is 3.65. The molecule has 0 aliphatic rings. The lowest BCUT2D eigenvalue weighted by atomic mass is 9.93. The monoisotopic (exact) mass is 223 g/mol. The number of carbonyl (C=O) groups is 1. The van der Waals surface area contributed by atoms with Crippen molar-refractivity contribution in [1.29, 1.82) is 0 Å². The maximum absolute atomic E-state index is 11.5. The molecule has 2 N–H and O–H groups in total. The molecular formula is C14H25NO. The van der Waals surface area contributed by atoms with Gasteiger partial charge in [0.15, 0.2) is 0 Å². The van der Waals surface area contributed by atoms with E-state index in [0.717, 1.165) is 25.8 Å². The zero-order valence-corrected chi connectivity index (χ0v) is 10.5. The summed E-state index contributed by atoms with van der Waals surface area (Å²) in [4.78, 5) is 11.5. The fourth-order valence-corrected chi connectivity index (χ4v) is 1.95. The number of carbonyl (C=O) groups excluding carboxylic acids is 1. The van der Waals surface area contributed by atoms with Crippen LogP contribution in [0.4, 0.5) is 0 Å². The number of rotatable bonds is 10. The zero-order chi connectivity index (χ0) is 12.2. The van der Waals surface area contributed by atoms with Gasteiger partial charge in [-0.2, -0.15) is 0 Å². The standard InChI is InChI=1S/C14H25NO/c1-3-5-6-8-14(16)10-9-13(7-4-2)11-12-15/h1,13H,4-12,15H2,2H3. The van der Waals surface area contributed by atoms with Gasteiger partial charge in [0.1, 0.15) is 5.78 Å². The van der Waals surface area contributed by atoms with Crippen LogP contribution in [0.1, 0.15) is 58.3 Å². The number of nitrogens with two attached hydrogens (primary N) is 1. The molecule has 0 saturated carbocycles. The average molecular weight is 223 g/mol. The molecule has 2 nitrogen and oxygen atoms in total. The predicted octanol–water partition coefficient (Wildman–Crippen LogP) is 2.90. The first kappa shape index (κ1) is 15.2. The van der Waals surface area contributed by atoms with Crippen LogP contribution < -0.4 is 5.73 Å². The molecule has 2 heteroatoms. The average Bonchev–Trinajstić information content (AvgIpc) is 2.27. The first-order valence-corrected chi connectivity index (χ1v) is 6.39. The summed E-state index contributed by atoms with van der Waals surface area (Å²) in [5, 5.41) is 0. The van der Waals surface area contributed by atoms with Crippen molar-refractivity contribution in [3.05, 3.63) is 0 Å². The van der Waals surface area contributed by atoms with Crippen LogP contribution in [0, 0.1) is 18.3 Å². The zero-order valence-electron chi connectivity index (χ0n) is 10.5. The molecule has 0 aliphatic heterocycles. The Kier molecular flexibility index (Phi) is 10.2. The number of unbranched alkanes of at least 4 members (excludes halogenated alkanes) is 1. The highest BCUT2D eigenvalue weighted by molar-refractivity contribution is 5.78. The van der Waals surface area contributed by atoms with E-state index in [4.69, 9.17) is 12.2 Å². The van der Waals surface area contributed by atoms with Crippen molar-refractivity contribution in [3.8, 4) is 12.3 Å². The molecule has 0 spiro atoms. The molecule has 1 atom stereocenters. The second-order valence-corrected chi connectivity index (χ2v) is 4.37. The minimum atomic E-state index is 0.355. The Morgan fingerprint density at radius 1 is 1.31 bits per heavy atom. The van der Waals surface area contributed by atoms with E-state index < -0.39 is 0 Å². The van der Waals surface area contributed by atoms with Gasteiger partial charge in [-0.15, -0.1) is 12.3 Å². The van der Waals surface area contributed by atoms with E-state index >= 15 is 0 Å². The summed E-state index contributed by atoms with van der Waals surface area (Å²) >= 11 is 0. The molecule has 0 amide bonds. The number of Topliss-reactive ketones (excluding diaryl/α,β-unsaturated/α-hetero) is 1. The fourth-order valence-electron chi connectivity index (χ4n) is 1.95. The molecule has 0 radical (unpaired) electrons. The van der Waals surface area contributed by atoms with Crippen molar-refractivity contribution in [1.82, 2.24) is 0 Å². The van der Waals surface area contributed by atoms with Gasteiger partial charge in [-0.1, -0.05) is 19.8 Å². The number of terminal acetylenes is 1. The van der Waals surface area contributed by atoms with Crippen molar-refractivity contribution in [2.75, 3.05) is 6.54 Å². The number of hydrogen-bond donors (Lipinski definition) is 1. The quantitative estimate of drug-likeness (QED) is 0.457. The molecule has 0 aromatic rings. The minimum absolute atomic E-state index is 0.355. The molecular weight excluding hydrogens is 198 g/mol. The van der Waals surface area contributed by atoms with Crippen LogP contribution in [0.5, 0.6) is 0 Å². The summed E-state index contributed by atoms with van der Waals surface area (Å²) in [6.07, 6.45) is 12.5. The summed E-state index contributed by atoms with van der Waals surface area (Å²) in [5.41, 5.74) is 5.56. The van der Waals surface area contributed by atoms with Gasteiger partial charge < -0.3 is 5.73 Å². The van der Waals surface area contributed by atoms with E-state index in [2.05, 4.69) is 12.8 Å². The summed E-state index contributed by atoms with van der Waals surface area (Å²) < 4.78 is 0. The van der Waals surface area contributed by atoms with Crippen LogP contribution >= 0.6 is 0 Å². The van der Waals surface area contributed by atoms with Gasteiger partial charge in [-0.25, -0.2) is 0 Å². The highest BCUT2D eigenvalue weighted by Crippen LogP contribution is 2.17. The molecule has 0 bridgehead atoms. The van der Waals surface area contributed by atoms with Gasteiger partial charge in [0.2, 0.25) is 0 Å². The normalized spacial score (nSPS) is 12.1. The molecule has 0 rings (SSSR count). The Hall–Kier alpha value is -0.810. The first-order chi connectivity index (χ1) is 7.74. The van der Waals surface area contributed by atoms with Gasteiger partial charge in [0.25, 0.3) is 0 Å². The van der Waals surface area contributed by atoms with Crippen LogP contribution in [0.25, 0.3) is 0 Å². The van der Waals surface area contributed by atoms with Gasteiger partial charge >= 0.3 is 0 Å². The molecule has 0 fully saturated rings. The fraction of sp³-hybridized carbons (Fsp3) is 0.786. The second kappa shape index (κ2) is 10.7. The minimum Gasteiger partial charge on any atom is -0.330 e. The van der Waals surface area contributed by atoms with Crippen LogP contribution in [-0.4, -0.2) is 12.3 Å². The van der Waals surface area contributed by atoms with E-state index in [0.29, 0.717) is 31.0 Å². The molecule has 0 aromatic heterocycles. The Labute approximate surface area is 100.0 Å². The van der Waals surface area contributed by atoms with Gasteiger partial charge in [-0.3, -0.25) is 4.79 Å². The van der Waals surface area contributed by atoms with Crippen molar-refractivity contribution in [3.63, 3.8) is 0 Å². The topological polar surface area (TPSA) is 43.1 Å². The molecule has 16 heavy (non-hydrogen) atoms. The molecule has 1 unspecified atom stereocenters. The third-order valence-electron chi connectivity index (χ3n) is 2.88. The molecule has 0 aromatic carbocycles. The predicted molar refractivity (Wildman–Crippen MR) is 69.0 cm³/mol. The van der Waals surface area contributed by atoms with E-state index in [1.807, 2.05) is 0 Å². The van der Waals surface area contributed by atoms with Crippen molar-refractivity contribution >= 4 is 5.78 Å². The molecule has 0 heterocycles. The molecule has 0 saturated heterocycles. The van der Waals surface area contributed by atoms with E-state index in [1.165, 1.54) is 12.8 Å². The summed E-state index contributed by atoms with van der Waals surface area (Å²) in [5.74, 6) is 3.55. The Bertz CT molecular complexity index is 211. The maximum atomic E-state index is 11.5. The third kappa shape index (κ3) is 8.49. The van der Waals surface area contributed by atoms with E-state index in [-0.39, 0.29) is 0 Å². The van der Waals surface area contributed by atoms with Crippen LogP contribution in [0.3, 0.4) is 0 Å². The summed E-state index contributed by atoms with van der Waals surface area (Å²) in [6.45, 7) is 2.91. The molecule has 92 valence electrons. The number of ketones is 1. The largest absolute Gasteiger partial charge is 0.330 e. The summed E-state index contributed by atoms with van der Waals surface area (Å²) in [6, 6.07) is 0. The third-order valence-corrected chi connectivity index (χ3v) is 2.88. The van der Waals surface area contributed by atoms with Gasteiger partial charge in [0.05, 0.1) is 0 Å². The van der Waals surface area contributed by atoms with Crippen LogP contribution in [-0.2, 0) is 4.79 Å².